The van der Waals surface area contributed by atoms with E-state index in [1.807, 2.05) is 44.2 Å². The summed E-state index contributed by atoms with van der Waals surface area (Å²) in [5.74, 6) is 0.474. The maximum Gasteiger partial charge on any atom is 0.227 e. The van der Waals surface area contributed by atoms with Crippen molar-refractivity contribution in [3.63, 3.8) is 0 Å². The molecule has 0 spiro atoms. The second kappa shape index (κ2) is 8.44. The van der Waals surface area contributed by atoms with E-state index >= 15 is 0 Å². The van der Waals surface area contributed by atoms with E-state index < -0.39 is 0 Å². The summed E-state index contributed by atoms with van der Waals surface area (Å²) in [5, 5.41) is 3.46. The molecule has 0 radical (unpaired) electrons. The van der Waals surface area contributed by atoms with Gasteiger partial charge in [0.1, 0.15) is 11.9 Å². The van der Waals surface area contributed by atoms with Gasteiger partial charge in [0, 0.05) is 24.4 Å². The van der Waals surface area contributed by atoms with E-state index in [-0.39, 0.29) is 30.8 Å². The lowest BCUT2D eigenvalue weighted by atomic mass is 10.1. The average Bonchev–Trinajstić information content (AvgIpc) is 2.64. The first kappa shape index (κ1) is 19.2. The molecule has 3 rings (SSSR count). The molecular formula is C21H23ClN2O3. The Kier molecular flexibility index (Phi) is 6.01. The van der Waals surface area contributed by atoms with Crippen molar-refractivity contribution in [1.29, 1.82) is 0 Å². The van der Waals surface area contributed by atoms with E-state index in [1.165, 1.54) is 0 Å². The molecule has 5 nitrogen and oxygen atoms in total. The van der Waals surface area contributed by atoms with Crippen LogP contribution in [0.25, 0.3) is 0 Å². The number of nitrogens with one attached hydrogen (secondary N) is 1. The molecule has 2 aromatic carbocycles. The molecule has 0 bridgehead atoms. The van der Waals surface area contributed by atoms with E-state index in [4.69, 9.17) is 16.3 Å². The predicted octanol–water partition coefficient (Wildman–Crippen LogP) is 3.86. The monoisotopic (exact) mass is 386 g/mol. The summed E-state index contributed by atoms with van der Waals surface area (Å²) < 4.78 is 5.81. The standard InChI is InChI=1S/C21H23ClN2O3/c1-14-6-7-19-18(10-14)24(13-15(2)27-19)21(26)9-8-20(25)23-12-16-4-3-5-17(22)11-16/h3-7,10-11,15H,8-9,12-13H2,1-2H3,(H,23,25)/t15-/m1/s1. The van der Waals surface area contributed by atoms with Crippen LogP contribution >= 0.6 is 11.6 Å². The molecule has 1 aliphatic rings. The highest BCUT2D eigenvalue weighted by molar-refractivity contribution is 6.30. The van der Waals surface area contributed by atoms with Gasteiger partial charge in [-0.1, -0.05) is 29.8 Å². The van der Waals surface area contributed by atoms with Crippen molar-refractivity contribution < 1.29 is 14.3 Å². The lowest BCUT2D eigenvalue weighted by Crippen LogP contribution is -2.42. The van der Waals surface area contributed by atoms with Crippen molar-refractivity contribution in [2.24, 2.45) is 0 Å². The highest BCUT2D eigenvalue weighted by Crippen LogP contribution is 2.34. The molecule has 2 amide bonds. The molecule has 0 unspecified atom stereocenters. The topological polar surface area (TPSA) is 58.6 Å². The minimum absolute atomic E-state index is 0.0742. The first-order valence-electron chi connectivity index (χ1n) is 9.01. The molecule has 0 saturated heterocycles. The van der Waals surface area contributed by atoms with Gasteiger partial charge in [-0.15, -0.1) is 0 Å². The molecule has 0 saturated carbocycles. The number of benzene rings is 2. The van der Waals surface area contributed by atoms with Crippen molar-refractivity contribution in [3.8, 4) is 5.75 Å². The van der Waals surface area contributed by atoms with Gasteiger partial charge in [0.15, 0.2) is 0 Å². The summed E-state index contributed by atoms with van der Waals surface area (Å²) in [4.78, 5) is 26.5. The van der Waals surface area contributed by atoms with Crippen LogP contribution in [0.1, 0.15) is 30.9 Å². The highest BCUT2D eigenvalue weighted by atomic mass is 35.5. The van der Waals surface area contributed by atoms with E-state index in [0.29, 0.717) is 23.9 Å². The zero-order valence-electron chi connectivity index (χ0n) is 15.5. The van der Waals surface area contributed by atoms with Gasteiger partial charge in [-0.05, 0) is 49.2 Å². The van der Waals surface area contributed by atoms with E-state index in [0.717, 1.165) is 16.8 Å². The largest absolute Gasteiger partial charge is 0.487 e. The number of carbonyl (C=O) groups excluding carboxylic acids is 2. The van der Waals surface area contributed by atoms with Gasteiger partial charge in [0.25, 0.3) is 0 Å². The zero-order valence-corrected chi connectivity index (χ0v) is 16.3. The van der Waals surface area contributed by atoms with Gasteiger partial charge in [-0.3, -0.25) is 9.59 Å². The Bertz CT molecular complexity index is 853. The molecule has 1 atom stereocenters. The normalized spacial score (nSPS) is 15.7. The first-order chi connectivity index (χ1) is 12.9. The summed E-state index contributed by atoms with van der Waals surface area (Å²) in [6, 6.07) is 13.1. The minimum atomic E-state index is -0.158. The number of aryl methyl sites for hydroxylation is 1. The van der Waals surface area contributed by atoms with Crippen molar-refractivity contribution in [1.82, 2.24) is 5.32 Å². The number of amides is 2. The van der Waals surface area contributed by atoms with Crippen molar-refractivity contribution in [3.05, 3.63) is 58.6 Å². The molecule has 142 valence electrons. The van der Waals surface area contributed by atoms with Crippen LogP contribution in [-0.2, 0) is 16.1 Å². The Hall–Kier alpha value is -2.53. The third-order valence-electron chi connectivity index (χ3n) is 4.42. The van der Waals surface area contributed by atoms with Gasteiger partial charge >= 0.3 is 0 Å². The third kappa shape index (κ3) is 5.01. The molecule has 0 aromatic heterocycles. The number of rotatable bonds is 5. The maximum atomic E-state index is 12.7. The number of fused-ring (bicyclic) bond motifs is 1. The molecule has 27 heavy (non-hydrogen) atoms. The molecule has 0 aliphatic carbocycles. The van der Waals surface area contributed by atoms with Crippen LogP contribution in [0, 0.1) is 6.92 Å². The van der Waals surface area contributed by atoms with Gasteiger partial charge in [-0.25, -0.2) is 0 Å². The molecule has 1 aliphatic heterocycles. The fraction of sp³-hybridized carbons (Fsp3) is 0.333. The molecule has 6 heteroatoms. The third-order valence-corrected chi connectivity index (χ3v) is 4.65. The second-order valence-corrected chi connectivity index (χ2v) is 7.25. The average molecular weight is 387 g/mol. The van der Waals surface area contributed by atoms with Crippen molar-refractivity contribution in [2.75, 3.05) is 11.4 Å². The minimum Gasteiger partial charge on any atom is -0.487 e. The van der Waals surface area contributed by atoms with Crippen molar-refractivity contribution in [2.45, 2.75) is 39.3 Å². The van der Waals surface area contributed by atoms with Gasteiger partial charge in [0.05, 0.1) is 12.2 Å². The Labute approximate surface area is 164 Å². The van der Waals surface area contributed by atoms with Gasteiger partial charge < -0.3 is 15.0 Å². The number of hydrogen-bond donors (Lipinski definition) is 1. The zero-order chi connectivity index (χ0) is 19.4. The number of nitrogens with zero attached hydrogens (tertiary/aromatic N) is 1. The predicted molar refractivity (Wildman–Crippen MR) is 106 cm³/mol. The molecule has 1 N–H and O–H groups in total. The molecule has 2 aromatic rings. The lowest BCUT2D eigenvalue weighted by Gasteiger charge is -2.33. The smallest absolute Gasteiger partial charge is 0.227 e. The van der Waals surface area contributed by atoms with Crippen LogP contribution in [0.4, 0.5) is 5.69 Å². The Morgan fingerprint density at radius 3 is 2.81 bits per heavy atom. The number of hydrogen-bond acceptors (Lipinski definition) is 3. The van der Waals surface area contributed by atoms with E-state index in [2.05, 4.69) is 5.32 Å². The number of carbonyl (C=O) groups is 2. The van der Waals surface area contributed by atoms with Crippen LogP contribution in [0.3, 0.4) is 0 Å². The fourth-order valence-corrected chi connectivity index (χ4v) is 3.29. The van der Waals surface area contributed by atoms with Gasteiger partial charge in [-0.2, -0.15) is 0 Å². The molecule has 0 fully saturated rings. The number of halogens is 1. The van der Waals surface area contributed by atoms with Crippen LogP contribution in [0.15, 0.2) is 42.5 Å². The lowest BCUT2D eigenvalue weighted by molar-refractivity contribution is -0.125. The van der Waals surface area contributed by atoms with E-state index in [9.17, 15) is 9.59 Å². The summed E-state index contributed by atoms with van der Waals surface area (Å²) in [6.07, 6.45) is 0.217. The van der Waals surface area contributed by atoms with Gasteiger partial charge in [0.2, 0.25) is 11.8 Å². The summed E-state index contributed by atoms with van der Waals surface area (Å²) in [7, 11) is 0. The Morgan fingerprint density at radius 2 is 2.04 bits per heavy atom. The quantitative estimate of drug-likeness (QED) is 0.848. The highest BCUT2D eigenvalue weighted by Gasteiger charge is 2.27. The summed E-state index contributed by atoms with van der Waals surface area (Å²) in [5.41, 5.74) is 2.76. The molecule has 1 heterocycles. The van der Waals surface area contributed by atoms with Crippen molar-refractivity contribution >= 4 is 29.1 Å². The Balaban J connectivity index is 1.56. The molecular weight excluding hydrogens is 364 g/mol. The SMILES string of the molecule is Cc1ccc2c(c1)N(C(=O)CCC(=O)NCc1cccc(Cl)c1)C[C@@H](C)O2. The van der Waals surface area contributed by atoms with Crippen LogP contribution in [0.2, 0.25) is 5.02 Å². The maximum absolute atomic E-state index is 12.7. The first-order valence-corrected chi connectivity index (χ1v) is 9.39. The second-order valence-electron chi connectivity index (χ2n) is 6.81. The number of anilines is 1. The number of ether oxygens (including phenoxy) is 1. The van der Waals surface area contributed by atoms with Crippen LogP contribution in [-0.4, -0.2) is 24.5 Å². The Morgan fingerprint density at radius 1 is 1.22 bits per heavy atom. The van der Waals surface area contributed by atoms with Crippen LogP contribution < -0.4 is 15.0 Å². The fourth-order valence-electron chi connectivity index (χ4n) is 3.08. The van der Waals surface area contributed by atoms with Crippen LogP contribution in [0.5, 0.6) is 5.75 Å². The van der Waals surface area contributed by atoms with E-state index in [1.54, 1.807) is 17.0 Å². The summed E-state index contributed by atoms with van der Waals surface area (Å²) in [6.45, 7) is 4.79. The summed E-state index contributed by atoms with van der Waals surface area (Å²) >= 11 is 5.94.